The van der Waals surface area contributed by atoms with Crippen molar-refractivity contribution in [3.63, 3.8) is 0 Å². The average molecular weight is 443 g/mol. The first-order valence-electron chi connectivity index (χ1n) is 11.7. The molecular weight excluding hydrogens is 408 g/mol. The Morgan fingerprint density at radius 3 is 2.77 bits per heavy atom. The van der Waals surface area contributed by atoms with E-state index in [4.69, 9.17) is 9.72 Å². The molecule has 3 aliphatic rings. The molecule has 4 rings (SSSR count). The molecule has 2 fully saturated rings. The summed E-state index contributed by atoms with van der Waals surface area (Å²) >= 11 is 1.71. The molecule has 1 aromatic rings. The van der Waals surface area contributed by atoms with Gasteiger partial charge in [0.25, 0.3) is 0 Å². The molecule has 168 valence electrons. The first kappa shape index (κ1) is 22.4. The van der Waals surface area contributed by atoms with Crippen molar-refractivity contribution in [1.82, 2.24) is 9.88 Å². The van der Waals surface area contributed by atoms with Gasteiger partial charge in [-0.25, -0.2) is 4.98 Å². The Hall–Kier alpha value is -1.78. The lowest BCUT2D eigenvalue weighted by molar-refractivity contribution is -0.133. The second-order valence-electron chi connectivity index (χ2n) is 9.03. The van der Waals surface area contributed by atoms with Crippen LogP contribution in [-0.2, 0) is 22.6 Å². The zero-order valence-electron chi connectivity index (χ0n) is 18.9. The molecule has 1 amide bonds. The second-order valence-corrected chi connectivity index (χ2v) is 10.0. The number of nitriles is 1. The van der Waals surface area contributed by atoms with Gasteiger partial charge in [0.2, 0.25) is 5.91 Å². The number of anilines is 1. The number of hydrogen-bond donors (Lipinski definition) is 0. The highest BCUT2D eigenvalue weighted by Gasteiger charge is 2.33. The lowest BCUT2D eigenvalue weighted by Gasteiger charge is -2.41. The summed E-state index contributed by atoms with van der Waals surface area (Å²) in [7, 11) is 0. The molecule has 1 saturated heterocycles. The normalized spacial score (nSPS) is 22.2. The predicted octanol–water partition coefficient (Wildman–Crippen LogP) is 3.86. The molecule has 0 N–H and O–H groups in total. The summed E-state index contributed by atoms with van der Waals surface area (Å²) in [6.45, 7) is 5.52. The Kier molecular flexibility index (Phi) is 7.39. The fourth-order valence-electron chi connectivity index (χ4n) is 5.38. The third-order valence-corrected chi connectivity index (χ3v) is 7.65. The van der Waals surface area contributed by atoms with E-state index in [9.17, 15) is 10.1 Å². The van der Waals surface area contributed by atoms with Crippen molar-refractivity contribution < 1.29 is 9.53 Å². The van der Waals surface area contributed by atoms with Gasteiger partial charge in [-0.05, 0) is 38.0 Å². The van der Waals surface area contributed by atoms with Crippen molar-refractivity contribution in [3.05, 3.63) is 22.4 Å². The highest BCUT2D eigenvalue weighted by atomic mass is 32.2. The van der Waals surface area contributed by atoms with E-state index in [2.05, 4.69) is 17.9 Å². The van der Waals surface area contributed by atoms with E-state index in [1.807, 2.05) is 11.2 Å². The maximum Gasteiger partial charge on any atom is 0.223 e. The molecule has 0 aromatic carbocycles. The molecule has 7 heteroatoms. The van der Waals surface area contributed by atoms with Crippen LogP contribution >= 0.6 is 11.8 Å². The van der Waals surface area contributed by atoms with Crippen LogP contribution < -0.4 is 4.90 Å². The standard InChI is InChI=1S/C24H34N4O2S/c1-17-15-27(10-11-28(17)22(29)9-13-31-2)24-20(14-25)19-8-12-30-16-21(19)23(26-24)18-6-4-3-5-7-18/h17-18H,3-13,15-16H2,1-2H3/t17-/m1/s1. The molecular formula is C24H34N4O2S. The molecule has 0 radical (unpaired) electrons. The van der Waals surface area contributed by atoms with Crippen molar-refractivity contribution in [1.29, 1.82) is 5.26 Å². The van der Waals surface area contributed by atoms with E-state index in [0.29, 0.717) is 32.1 Å². The minimum atomic E-state index is 0.119. The van der Waals surface area contributed by atoms with Crippen LogP contribution in [0.4, 0.5) is 5.82 Å². The zero-order chi connectivity index (χ0) is 21.8. The van der Waals surface area contributed by atoms with Gasteiger partial charge in [0.1, 0.15) is 11.9 Å². The number of ether oxygens (including phenoxy) is 1. The second kappa shape index (κ2) is 10.2. The molecule has 31 heavy (non-hydrogen) atoms. The first-order valence-corrected chi connectivity index (χ1v) is 13.1. The number of piperazine rings is 1. The Morgan fingerprint density at radius 2 is 2.06 bits per heavy atom. The van der Waals surface area contributed by atoms with E-state index in [-0.39, 0.29) is 11.9 Å². The SMILES string of the molecule is CSCCC(=O)N1CCN(c2nc(C3CCCCC3)c3c(c2C#N)CCOC3)C[C@H]1C. The fraction of sp³-hybridized carbons (Fsp3) is 0.708. The van der Waals surface area contributed by atoms with E-state index in [0.717, 1.165) is 42.2 Å². The number of pyridine rings is 1. The van der Waals surface area contributed by atoms with E-state index >= 15 is 0 Å². The molecule has 1 aliphatic carbocycles. The van der Waals surface area contributed by atoms with E-state index in [1.165, 1.54) is 43.4 Å². The molecule has 1 atom stereocenters. The number of carbonyl (C=O) groups is 1. The van der Waals surface area contributed by atoms with Crippen LogP contribution in [0.25, 0.3) is 0 Å². The van der Waals surface area contributed by atoms with Crippen LogP contribution in [0.1, 0.15) is 73.8 Å². The monoisotopic (exact) mass is 442 g/mol. The predicted molar refractivity (Wildman–Crippen MR) is 125 cm³/mol. The highest BCUT2D eigenvalue weighted by Crippen LogP contribution is 2.39. The Morgan fingerprint density at radius 1 is 1.26 bits per heavy atom. The van der Waals surface area contributed by atoms with Gasteiger partial charge in [0, 0.05) is 49.3 Å². The summed E-state index contributed by atoms with van der Waals surface area (Å²) in [5, 5.41) is 10.1. The summed E-state index contributed by atoms with van der Waals surface area (Å²) in [5.74, 6) is 2.42. The van der Waals surface area contributed by atoms with Gasteiger partial charge in [0.15, 0.2) is 0 Å². The number of amides is 1. The molecule has 1 saturated carbocycles. The van der Waals surface area contributed by atoms with Crippen LogP contribution in [0.3, 0.4) is 0 Å². The maximum atomic E-state index is 12.6. The van der Waals surface area contributed by atoms with Crippen molar-refractivity contribution in [3.8, 4) is 6.07 Å². The minimum Gasteiger partial charge on any atom is -0.376 e. The van der Waals surface area contributed by atoms with Crippen molar-refractivity contribution in [2.45, 2.75) is 70.4 Å². The third kappa shape index (κ3) is 4.70. The topological polar surface area (TPSA) is 69.5 Å². The summed E-state index contributed by atoms with van der Waals surface area (Å²) in [5.41, 5.74) is 4.24. The highest BCUT2D eigenvalue weighted by molar-refractivity contribution is 7.98. The lowest BCUT2D eigenvalue weighted by atomic mass is 9.82. The fourth-order valence-corrected chi connectivity index (χ4v) is 5.76. The number of thioether (sulfide) groups is 1. The van der Waals surface area contributed by atoms with Gasteiger partial charge in [0.05, 0.1) is 24.5 Å². The van der Waals surface area contributed by atoms with Gasteiger partial charge >= 0.3 is 0 Å². The molecule has 2 aliphatic heterocycles. The van der Waals surface area contributed by atoms with E-state index < -0.39 is 0 Å². The Labute approximate surface area is 190 Å². The van der Waals surface area contributed by atoms with Gasteiger partial charge in [-0.3, -0.25) is 4.79 Å². The van der Waals surface area contributed by atoms with Crippen LogP contribution in [-0.4, -0.2) is 60.1 Å². The quantitative estimate of drug-likeness (QED) is 0.690. The number of fused-ring (bicyclic) bond motifs is 1. The Balaban J connectivity index is 1.63. The van der Waals surface area contributed by atoms with Gasteiger partial charge in [-0.2, -0.15) is 17.0 Å². The van der Waals surface area contributed by atoms with Crippen LogP contribution in [0, 0.1) is 11.3 Å². The van der Waals surface area contributed by atoms with Gasteiger partial charge < -0.3 is 14.5 Å². The van der Waals surface area contributed by atoms with Crippen molar-refractivity contribution in [2.24, 2.45) is 0 Å². The Bertz CT molecular complexity index is 847. The number of nitrogens with zero attached hydrogens (tertiary/aromatic N) is 4. The summed E-state index contributed by atoms with van der Waals surface area (Å²) in [6, 6.07) is 2.60. The largest absolute Gasteiger partial charge is 0.376 e. The van der Waals surface area contributed by atoms with Gasteiger partial charge in [-0.15, -0.1) is 0 Å². The van der Waals surface area contributed by atoms with Crippen molar-refractivity contribution >= 4 is 23.5 Å². The molecule has 1 aromatic heterocycles. The number of hydrogen-bond acceptors (Lipinski definition) is 6. The minimum absolute atomic E-state index is 0.119. The third-order valence-electron chi connectivity index (χ3n) is 7.04. The molecule has 0 unspecified atom stereocenters. The smallest absolute Gasteiger partial charge is 0.223 e. The number of carbonyl (C=O) groups excluding carboxylic acids is 1. The summed E-state index contributed by atoms with van der Waals surface area (Å²) < 4.78 is 5.79. The first-order chi connectivity index (χ1) is 15.1. The summed E-state index contributed by atoms with van der Waals surface area (Å²) in [6.07, 6.45) is 9.60. The lowest BCUT2D eigenvalue weighted by Crippen LogP contribution is -2.54. The maximum absolute atomic E-state index is 12.6. The number of rotatable bonds is 5. The average Bonchev–Trinajstić information content (AvgIpc) is 2.81. The van der Waals surface area contributed by atoms with Gasteiger partial charge in [-0.1, -0.05) is 19.3 Å². The van der Waals surface area contributed by atoms with Crippen LogP contribution in [0.5, 0.6) is 0 Å². The summed E-state index contributed by atoms with van der Waals surface area (Å²) in [4.78, 5) is 22.0. The van der Waals surface area contributed by atoms with E-state index in [1.54, 1.807) is 11.8 Å². The molecule has 6 nitrogen and oxygen atoms in total. The van der Waals surface area contributed by atoms with Crippen LogP contribution in [0.2, 0.25) is 0 Å². The number of aromatic nitrogens is 1. The van der Waals surface area contributed by atoms with Crippen LogP contribution in [0.15, 0.2) is 0 Å². The zero-order valence-corrected chi connectivity index (χ0v) is 19.7. The molecule has 0 spiro atoms. The molecule has 3 heterocycles. The van der Waals surface area contributed by atoms with Crippen molar-refractivity contribution in [2.75, 3.05) is 43.1 Å². The molecule has 0 bridgehead atoms.